The number of aliphatic hydroxyl groups excluding tert-OH is 1. The molecule has 0 saturated carbocycles. The van der Waals surface area contributed by atoms with E-state index in [1.54, 1.807) is 23.0 Å². The molecule has 2 aromatic heterocycles. The summed E-state index contributed by atoms with van der Waals surface area (Å²) < 4.78 is 16.4. The zero-order valence-electron chi connectivity index (χ0n) is 15.7. The molecule has 0 radical (unpaired) electrons. The summed E-state index contributed by atoms with van der Waals surface area (Å²) in [6, 6.07) is 5.95. The topological polar surface area (TPSA) is 85.0 Å². The molecule has 7 nitrogen and oxygen atoms in total. The van der Waals surface area contributed by atoms with Crippen LogP contribution < -0.4 is 10.9 Å². The van der Waals surface area contributed by atoms with Crippen molar-refractivity contribution >= 4 is 17.1 Å². The summed E-state index contributed by atoms with van der Waals surface area (Å²) in [6.45, 7) is 6.62. The van der Waals surface area contributed by atoms with Gasteiger partial charge in [0.2, 0.25) is 5.95 Å². The Morgan fingerprint density at radius 2 is 1.96 bits per heavy atom. The van der Waals surface area contributed by atoms with Crippen molar-refractivity contribution in [2.75, 3.05) is 11.9 Å². The van der Waals surface area contributed by atoms with Gasteiger partial charge in [-0.05, 0) is 30.5 Å². The lowest BCUT2D eigenvalue weighted by Gasteiger charge is -2.22. The second kappa shape index (κ2) is 7.87. The van der Waals surface area contributed by atoms with E-state index in [0.717, 1.165) is 5.56 Å². The highest BCUT2D eigenvalue weighted by Gasteiger charge is 2.19. The van der Waals surface area contributed by atoms with E-state index in [2.05, 4.69) is 15.3 Å². The SMILES string of the molecule is CCn1c(NC(CO)C(C)C)nc2c(ncn2Cc2ccc(F)cc2)c1=O. The zero-order chi connectivity index (χ0) is 19.6. The van der Waals surface area contributed by atoms with Crippen LogP contribution in [0, 0.1) is 11.7 Å². The lowest BCUT2D eigenvalue weighted by atomic mass is 10.1. The molecule has 0 aliphatic rings. The zero-order valence-corrected chi connectivity index (χ0v) is 15.7. The number of rotatable bonds is 7. The van der Waals surface area contributed by atoms with E-state index in [4.69, 9.17) is 0 Å². The summed E-state index contributed by atoms with van der Waals surface area (Å²) >= 11 is 0. The van der Waals surface area contributed by atoms with Gasteiger partial charge >= 0.3 is 0 Å². The number of hydrogen-bond donors (Lipinski definition) is 2. The van der Waals surface area contributed by atoms with E-state index in [1.807, 2.05) is 20.8 Å². The van der Waals surface area contributed by atoms with Gasteiger partial charge in [0.1, 0.15) is 5.82 Å². The number of nitrogens with one attached hydrogen (secondary N) is 1. The van der Waals surface area contributed by atoms with Crippen LogP contribution in [0.1, 0.15) is 26.3 Å². The van der Waals surface area contributed by atoms with Crippen molar-refractivity contribution in [2.45, 2.75) is 39.9 Å². The Morgan fingerprint density at radius 3 is 2.56 bits per heavy atom. The number of halogens is 1. The number of hydrogen-bond acceptors (Lipinski definition) is 5. The Kier molecular flexibility index (Phi) is 5.55. The maximum Gasteiger partial charge on any atom is 0.283 e. The summed E-state index contributed by atoms with van der Waals surface area (Å²) in [4.78, 5) is 21.7. The van der Waals surface area contributed by atoms with E-state index >= 15 is 0 Å². The van der Waals surface area contributed by atoms with Gasteiger partial charge in [-0.2, -0.15) is 4.98 Å². The molecule has 1 unspecified atom stereocenters. The molecular formula is C19H24FN5O2. The molecule has 1 aromatic carbocycles. The Morgan fingerprint density at radius 1 is 1.26 bits per heavy atom. The largest absolute Gasteiger partial charge is 0.394 e. The lowest BCUT2D eigenvalue weighted by Crippen LogP contribution is -2.34. The summed E-state index contributed by atoms with van der Waals surface area (Å²) in [5.41, 5.74) is 1.39. The van der Waals surface area contributed by atoms with Crippen LogP contribution >= 0.6 is 0 Å². The number of aromatic nitrogens is 4. The molecule has 0 spiro atoms. The van der Waals surface area contributed by atoms with Gasteiger partial charge in [0.05, 0.1) is 25.5 Å². The van der Waals surface area contributed by atoms with E-state index < -0.39 is 0 Å². The summed E-state index contributed by atoms with van der Waals surface area (Å²) in [5, 5.41) is 12.8. The monoisotopic (exact) mass is 373 g/mol. The van der Waals surface area contributed by atoms with Crippen LogP contribution in [0.4, 0.5) is 10.3 Å². The number of fused-ring (bicyclic) bond motifs is 1. The van der Waals surface area contributed by atoms with Crippen LogP contribution in [0.3, 0.4) is 0 Å². The third-order valence-corrected chi connectivity index (χ3v) is 4.62. The highest BCUT2D eigenvalue weighted by atomic mass is 19.1. The fraction of sp³-hybridized carbons (Fsp3) is 0.421. The van der Waals surface area contributed by atoms with Crippen molar-refractivity contribution in [3.8, 4) is 0 Å². The van der Waals surface area contributed by atoms with Gasteiger partial charge in [0, 0.05) is 6.54 Å². The van der Waals surface area contributed by atoms with Crippen molar-refractivity contribution in [2.24, 2.45) is 5.92 Å². The number of aliphatic hydroxyl groups is 1. The van der Waals surface area contributed by atoms with Crippen LogP contribution in [-0.4, -0.2) is 36.9 Å². The first-order chi connectivity index (χ1) is 12.9. The number of nitrogens with zero attached hydrogens (tertiary/aromatic N) is 4. The van der Waals surface area contributed by atoms with Gasteiger partial charge in [-0.3, -0.25) is 9.36 Å². The van der Waals surface area contributed by atoms with Crippen LogP contribution in [0.5, 0.6) is 0 Å². The van der Waals surface area contributed by atoms with Crippen molar-refractivity contribution < 1.29 is 9.50 Å². The molecule has 27 heavy (non-hydrogen) atoms. The fourth-order valence-corrected chi connectivity index (χ4v) is 2.92. The molecule has 0 aliphatic heterocycles. The van der Waals surface area contributed by atoms with Crippen LogP contribution in [0.15, 0.2) is 35.4 Å². The smallest absolute Gasteiger partial charge is 0.283 e. The van der Waals surface area contributed by atoms with E-state index in [1.165, 1.54) is 16.7 Å². The van der Waals surface area contributed by atoms with Crippen LogP contribution in [-0.2, 0) is 13.1 Å². The summed E-state index contributed by atoms with van der Waals surface area (Å²) in [6.07, 6.45) is 1.57. The lowest BCUT2D eigenvalue weighted by molar-refractivity contribution is 0.248. The molecule has 0 saturated heterocycles. The van der Waals surface area contributed by atoms with E-state index in [9.17, 15) is 14.3 Å². The van der Waals surface area contributed by atoms with Gasteiger partial charge in [-0.1, -0.05) is 26.0 Å². The Balaban J connectivity index is 2.05. The molecule has 0 amide bonds. The first-order valence-electron chi connectivity index (χ1n) is 9.02. The predicted octanol–water partition coefficient (Wildman–Crippen LogP) is 2.23. The highest BCUT2D eigenvalue weighted by molar-refractivity contribution is 5.71. The maximum absolute atomic E-state index is 13.1. The molecule has 8 heteroatoms. The van der Waals surface area contributed by atoms with Crippen molar-refractivity contribution in [3.05, 3.63) is 52.3 Å². The Hall–Kier alpha value is -2.74. The van der Waals surface area contributed by atoms with E-state index in [-0.39, 0.29) is 35.5 Å². The molecule has 2 N–H and O–H groups in total. The standard InChI is InChI=1S/C19H24FN5O2/c1-4-25-18(27)16-17(23-19(25)22-15(10-26)12(2)3)24(11-21-16)9-13-5-7-14(20)8-6-13/h5-8,11-12,15,26H,4,9-10H2,1-3H3,(H,22,23). The van der Waals surface area contributed by atoms with Crippen molar-refractivity contribution in [1.82, 2.24) is 19.1 Å². The van der Waals surface area contributed by atoms with Crippen molar-refractivity contribution in [3.63, 3.8) is 0 Å². The minimum absolute atomic E-state index is 0.0653. The molecular weight excluding hydrogens is 349 g/mol. The first kappa shape index (κ1) is 19.0. The minimum Gasteiger partial charge on any atom is -0.394 e. The highest BCUT2D eigenvalue weighted by Crippen LogP contribution is 2.15. The molecule has 0 bridgehead atoms. The molecule has 144 valence electrons. The molecule has 3 rings (SSSR count). The van der Waals surface area contributed by atoms with Crippen molar-refractivity contribution in [1.29, 1.82) is 0 Å². The second-order valence-electron chi connectivity index (χ2n) is 6.83. The van der Waals surface area contributed by atoms with Gasteiger partial charge in [-0.15, -0.1) is 0 Å². The average Bonchev–Trinajstić information content (AvgIpc) is 3.04. The Labute approximate surface area is 156 Å². The van der Waals surface area contributed by atoms with Gasteiger partial charge in [0.25, 0.3) is 5.56 Å². The summed E-state index contributed by atoms with van der Waals surface area (Å²) in [7, 11) is 0. The summed E-state index contributed by atoms with van der Waals surface area (Å²) in [5.74, 6) is 0.272. The van der Waals surface area contributed by atoms with Gasteiger partial charge in [-0.25, -0.2) is 9.37 Å². The fourth-order valence-electron chi connectivity index (χ4n) is 2.92. The third-order valence-electron chi connectivity index (χ3n) is 4.62. The number of benzene rings is 1. The second-order valence-corrected chi connectivity index (χ2v) is 6.83. The predicted molar refractivity (Wildman–Crippen MR) is 102 cm³/mol. The molecule has 0 aliphatic carbocycles. The van der Waals surface area contributed by atoms with Crippen LogP contribution in [0.25, 0.3) is 11.2 Å². The van der Waals surface area contributed by atoms with Gasteiger partial charge < -0.3 is 15.0 Å². The number of anilines is 1. The van der Waals surface area contributed by atoms with Gasteiger partial charge in [0.15, 0.2) is 11.2 Å². The molecule has 2 heterocycles. The Bertz CT molecular complexity index is 978. The molecule has 3 aromatic rings. The molecule has 1 atom stereocenters. The average molecular weight is 373 g/mol. The minimum atomic E-state index is -0.298. The molecule has 0 fully saturated rings. The van der Waals surface area contributed by atoms with Crippen LogP contribution in [0.2, 0.25) is 0 Å². The normalized spacial score (nSPS) is 12.7. The number of imidazole rings is 1. The van der Waals surface area contributed by atoms with E-state index in [0.29, 0.717) is 24.7 Å². The third kappa shape index (κ3) is 3.85. The quantitative estimate of drug-likeness (QED) is 0.663. The maximum atomic E-state index is 13.1. The first-order valence-corrected chi connectivity index (χ1v) is 9.02.